The van der Waals surface area contributed by atoms with Gasteiger partial charge in [-0.1, -0.05) is 11.6 Å². The highest BCUT2D eigenvalue weighted by atomic mass is 35.5. The molecule has 5 nitrogen and oxygen atoms in total. The molecule has 0 radical (unpaired) electrons. The van der Waals surface area contributed by atoms with Crippen molar-refractivity contribution < 1.29 is 9.90 Å². The van der Waals surface area contributed by atoms with Crippen LogP contribution in [0.1, 0.15) is 17.4 Å². The summed E-state index contributed by atoms with van der Waals surface area (Å²) >= 11 is 5.52. The Morgan fingerprint density at radius 3 is 2.87 bits per heavy atom. The number of nitrogens with zero attached hydrogens (tertiary/aromatic N) is 2. The molecule has 1 aromatic rings. The second kappa shape index (κ2) is 5.31. The Balaban J connectivity index is 2.65. The zero-order valence-electron chi connectivity index (χ0n) is 8.01. The van der Waals surface area contributed by atoms with Crippen LogP contribution in [0.15, 0.2) is 24.7 Å². The molecular formula is C9H10ClN3O2. The summed E-state index contributed by atoms with van der Waals surface area (Å²) in [5.41, 5.74) is 0.178. The largest absolute Gasteiger partial charge is 0.516 e. The van der Waals surface area contributed by atoms with Gasteiger partial charge in [0.1, 0.15) is 10.8 Å². The van der Waals surface area contributed by atoms with Gasteiger partial charge < -0.3 is 10.4 Å². The van der Waals surface area contributed by atoms with Crippen molar-refractivity contribution in [2.24, 2.45) is 0 Å². The molecule has 0 aliphatic rings. The van der Waals surface area contributed by atoms with Crippen LogP contribution < -0.4 is 5.32 Å². The predicted molar refractivity (Wildman–Crippen MR) is 55.7 cm³/mol. The summed E-state index contributed by atoms with van der Waals surface area (Å²) in [6, 6.07) is -0.278. The molecule has 1 heterocycles. The molecule has 1 unspecified atom stereocenters. The van der Waals surface area contributed by atoms with Crippen LogP contribution in [0, 0.1) is 0 Å². The molecule has 0 aliphatic heterocycles. The third kappa shape index (κ3) is 3.55. The maximum atomic E-state index is 11.5. The molecule has 0 saturated heterocycles. The average molecular weight is 228 g/mol. The van der Waals surface area contributed by atoms with Gasteiger partial charge in [-0.15, -0.1) is 0 Å². The molecule has 0 spiro atoms. The van der Waals surface area contributed by atoms with Crippen LogP contribution in [0.4, 0.5) is 0 Å². The monoisotopic (exact) mass is 227 g/mol. The van der Waals surface area contributed by atoms with Gasteiger partial charge in [0.25, 0.3) is 5.91 Å². The van der Waals surface area contributed by atoms with Gasteiger partial charge in [-0.25, -0.2) is 9.97 Å². The molecule has 15 heavy (non-hydrogen) atoms. The van der Waals surface area contributed by atoms with Crippen molar-refractivity contribution in [3.05, 3.63) is 35.6 Å². The second-order valence-electron chi connectivity index (χ2n) is 2.83. The Hall–Kier alpha value is -1.62. The van der Waals surface area contributed by atoms with Crippen LogP contribution in [0.25, 0.3) is 0 Å². The number of halogens is 1. The molecule has 0 saturated carbocycles. The van der Waals surface area contributed by atoms with E-state index in [0.29, 0.717) is 0 Å². The predicted octanol–water partition coefficient (Wildman–Crippen LogP) is 1.32. The van der Waals surface area contributed by atoms with E-state index in [0.717, 1.165) is 6.26 Å². The fourth-order valence-corrected chi connectivity index (χ4v) is 0.985. The number of nitrogens with one attached hydrogen (secondary N) is 1. The fraction of sp³-hybridized carbons (Fsp3) is 0.222. The molecule has 80 valence electrons. The van der Waals surface area contributed by atoms with Gasteiger partial charge in [0.2, 0.25) is 0 Å². The lowest BCUT2D eigenvalue weighted by molar-refractivity contribution is 0.0941. The minimum absolute atomic E-state index is 0.178. The summed E-state index contributed by atoms with van der Waals surface area (Å²) in [4.78, 5) is 19.0. The quantitative estimate of drug-likeness (QED) is 0.764. The smallest absolute Gasteiger partial charge is 0.271 e. The standard InChI is InChI=1S/C9H10ClN3O2/c1-6(2-3-14)13-9(15)7-4-12-8(10)5-11-7/h2-6,14H,1H3,(H,13,15). The number of hydrogen-bond acceptors (Lipinski definition) is 4. The van der Waals surface area contributed by atoms with Gasteiger partial charge in [-0.2, -0.15) is 0 Å². The van der Waals surface area contributed by atoms with Crippen molar-refractivity contribution in [2.75, 3.05) is 0 Å². The molecule has 1 aromatic heterocycles. The van der Waals surface area contributed by atoms with Crippen molar-refractivity contribution in [1.82, 2.24) is 15.3 Å². The third-order valence-corrected chi connectivity index (χ3v) is 1.78. The van der Waals surface area contributed by atoms with Crippen LogP contribution in [0.3, 0.4) is 0 Å². The summed E-state index contributed by atoms with van der Waals surface area (Å²) in [6.07, 6.45) is 4.88. The summed E-state index contributed by atoms with van der Waals surface area (Å²) < 4.78 is 0. The summed E-state index contributed by atoms with van der Waals surface area (Å²) in [5, 5.41) is 11.3. The van der Waals surface area contributed by atoms with Crippen LogP contribution in [0.2, 0.25) is 5.15 Å². The van der Waals surface area contributed by atoms with Gasteiger partial charge in [-0.3, -0.25) is 4.79 Å². The van der Waals surface area contributed by atoms with Crippen LogP contribution in [-0.2, 0) is 0 Å². The molecule has 1 rings (SSSR count). The highest BCUT2D eigenvalue weighted by molar-refractivity contribution is 6.29. The topological polar surface area (TPSA) is 75.1 Å². The van der Waals surface area contributed by atoms with E-state index in [1.54, 1.807) is 6.92 Å². The van der Waals surface area contributed by atoms with E-state index < -0.39 is 0 Å². The molecule has 2 N–H and O–H groups in total. The number of aliphatic hydroxyl groups excluding tert-OH is 1. The van der Waals surface area contributed by atoms with E-state index in [2.05, 4.69) is 15.3 Å². The summed E-state index contributed by atoms with van der Waals surface area (Å²) in [6.45, 7) is 1.72. The molecule has 6 heteroatoms. The van der Waals surface area contributed by atoms with Gasteiger partial charge in [-0.05, 0) is 13.0 Å². The number of aromatic nitrogens is 2. The van der Waals surface area contributed by atoms with Gasteiger partial charge >= 0.3 is 0 Å². The normalized spacial score (nSPS) is 12.7. The SMILES string of the molecule is CC(C=CO)NC(=O)c1cnc(Cl)cn1. The van der Waals surface area contributed by atoms with E-state index in [1.165, 1.54) is 18.5 Å². The van der Waals surface area contributed by atoms with Crippen LogP contribution in [0.5, 0.6) is 0 Å². The molecular weight excluding hydrogens is 218 g/mol. The van der Waals surface area contributed by atoms with Crippen LogP contribution >= 0.6 is 11.6 Å². The van der Waals surface area contributed by atoms with E-state index in [4.69, 9.17) is 16.7 Å². The molecule has 1 atom stereocenters. The lowest BCUT2D eigenvalue weighted by atomic mass is 10.3. The van der Waals surface area contributed by atoms with Gasteiger partial charge in [0.15, 0.2) is 0 Å². The molecule has 0 aliphatic carbocycles. The second-order valence-corrected chi connectivity index (χ2v) is 3.22. The van der Waals surface area contributed by atoms with E-state index >= 15 is 0 Å². The first-order valence-electron chi connectivity index (χ1n) is 4.22. The van der Waals surface area contributed by atoms with Crippen molar-refractivity contribution in [2.45, 2.75) is 13.0 Å². The number of rotatable bonds is 3. The Morgan fingerprint density at radius 1 is 1.60 bits per heavy atom. The van der Waals surface area contributed by atoms with Crippen molar-refractivity contribution in [3.63, 3.8) is 0 Å². The molecule has 1 amide bonds. The third-order valence-electron chi connectivity index (χ3n) is 1.59. The Morgan fingerprint density at radius 2 is 2.33 bits per heavy atom. The zero-order chi connectivity index (χ0) is 11.3. The van der Waals surface area contributed by atoms with Gasteiger partial charge in [0, 0.05) is 6.04 Å². The number of carbonyl (C=O) groups is 1. The highest BCUT2D eigenvalue weighted by Crippen LogP contribution is 2.01. The van der Waals surface area contributed by atoms with Crippen LogP contribution in [-0.4, -0.2) is 27.0 Å². The summed E-state index contributed by atoms with van der Waals surface area (Å²) in [5.74, 6) is -0.371. The zero-order valence-corrected chi connectivity index (χ0v) is 8.77. The Labute approximate surface area is 91.8 Å². The summed E-state index contributed by atoms with van der Waals surface area (Å²) in [7, 11) is 0. The minimum atomic E-state index is -0.371. The maximum absolute atomic E-state index is 11.5. The molecule has 0 bridgehead atoms. The van der Waals surface area contributed by atoms with E-state index in [1.807, 2.05) is 0 Å². The van der Waals surface area contributed by atoms with Crippen molar-refractivity contribution >= 4 is 17.5 Å². The minimum Gasteiger partial charge on any atom is -0.516 e. The number of aliphatic hydroxyl groups is 1. The number of amides is 1. The highest BCUT2D eigenvalue weighted by Gasteiger charge is 2.09. The Kier molecular flexibility index (Phi) is 4.05. The lowest BCUT2D eigenvalue weighted by Gasteiger charge is -2.07. The first-order valence-corrected chi connectivity index (χ1v) is 4.60. The molecule has 0 fully saturated rings. The fourth-order valence-electron chi connectivity index (χ4n) is 0.887. The van der Waals surface area contributed by atoms with Crippen molar-refractivity contribution in [3.8, 4) is 0 Å². The average Bonchev–Trinajstić information content (AvgIpc) is 2.18. The van der Waals surface area contributed by atoms with E-state index in [-0.39, 0.29) is 22.8 Å². The first kappa shape index (κ1) is 11.5. The number of hydrogen-bond donors (Lipinski definition) is 2. The molecule has 0 aromatic carbocycles. The Bertz CT molecular complexity index is 364. The lowest BCUT2D eigenvalue weighted by Crippen LogP contribution is -2.31. The van der Waals surface area contributed by atoms with Crippen molar-refractivity contribution in [1.29, 1.82) is 0 Å². The number of carbonyl (C=O) groups excluding carboxylic acids is 1. The maximum Gasteiger partial charge on any atom is 0.271 e. The van der Waals surface area contributed by atoms with E-state index in [9.17, 15) is 4.79 Å². The first-order chi connectivity index (χ1) is 7.13. The van der Waals surface area contributed by atoms with Gasteiger partial charge in [0.05, 0.1) is 18.7 Å².